The van der Waals surface area contributed by atoms with E-state index in [0.717, 1.165) is 56.2 Å². The number of anilines is 1. The first kappa shape index (κ1) is 21.3. The van der Waals surface area contributed by atoms with Crippen LogP contribution in [0.4, 0.5) is 5.69 Å². The summed E-state index contributed by atoms with van der Waals surface area (Å²) in [6.45, 7) is 5.38. The van der Waals surface area contributed by atoms with E-state index < -0.39 is 0 Å². The van der Waals surface area contributed by atoms with E-state index in [1.54, 1.807) is 21.3 Å². The van der Waals surface area contributed by atoms with E-state index >= 15 is 0 Å². The molecule has 7 nitrogen and oxygen atoms in total. The normalized spacial score (nSPS) is 16.6. The summed E-state index contributed by atoms with van der Waals surface area (Å²) in [5.41, 5.74) is 3.54. The molecule has 0 bridgehead atoms. The summed E-state index contributed by atoms with van der Waals surface area (Å²) in [6.07, 6.45) is 0.838. The molecule has 0 radical (unpaired) electrons. The predicted octanol–water partition coefficient (Wildman–Crippen LogP) is 2.42. The van der Waals surface area contributed by atoms with Crippen LogP contribution in [0.5, 0.6) is 17.2 Å². The molecule has 2 aliphatic rings. The number of carbonyl (C=O) groups excluding carboxylic acids is 1. The summed E-state index contributed by atoms with van der Waals surface area (Å²) in [5.74, 6) is 2.52. The van der Waals surface area contributed by atoms with E-state index in [2.05, 4.69) is 21.9 Å². The third kappa shape index (κ3) is 4.71. The molecule has 0 atom stereocenters. The molecule has 166 valence electrons. The Kier molecular flexibility index (Phi) is 6.51. The third-order valence-electron chi connectivity index (χ3n) is 6.22. The van der Waals surface area contributed by atoms with Gasteiger partial charge in [0.15, 0.2) is 11.5 Å². The molecule has 0 aromatic heterocycles. The Balaban J connectivity index is 1.32. The van der Waals surface area contributed by atoms with Gasteiger partial charge in [0, 0.05) is 51.0 Å². The number of hydrogen-bond donors (Lipinski definition) is 0. The average molecular weight is 426 g/mol. The van der Waals surface area contributed by atoms with Crippen molar-refractivity contribution in [1.82, 2.24) is 9.80 Å². The van der Waals surface area contributed by atoms with E-state index in [0.29, 0.717) is 18.8 Å². The van der Waals surface area contributed by atoms with Crippen LogP contribution in [0.2, 0.25) is 0 Å². The van der Waals surface area contributed by atoms with Gasteiger partial charge in [-0.15, -0.1) is 0 Å². The quantitative estimate of drug-likeness (QED) is 0.709. The lowest BCUT2D eigenvalue weighted by Gasteiger charge is -2.37. The van der Waals surface area contributed by atoms with Gasteiger partial charge < -0.3 is 24.0 Å². The van der Waals surface area contributed by atoms with Crippen LogP contribution in [0.3, 0.4) is 0 Å². The summed E-state index contributed by atoms with van der Waals surface area (Å²) >= 11 is 0. The topological polar surface area (TPSA) is 54.5 Å². The molecule has 2 aliphatic heterocycles. The Morgan fingerprint density at radius 3 is 2.26 bits per heavy atom. The second-order valence-corrected chi connectivity index (χ2v) is 8.01. The maximum Gasteiger partial charge on any atom is 0.237 e. The number of ether oxygens (including phenoxy) is 3. The van der Waals surface area contributed by atoms with Gasteiger partial charge >= 0.3 is 0 Å². The fourth-order valence-corrected chi connectivity index (χ4v) is 4.36. The van der Waals surface area contributed by atoms with Gasteiger partial charge in [-0.2, -0.15) is 0 Å². The summed E-state index contributed by atoms with van der Waals surface area (Å²) in [6, 6.07) is 12.2. The van der Waals surface area contributed by atoms with Crippen molar-refractivity contribution in [3.05, 3.63) is 47.5 Å². The van der Waals surface area contributed by atoms with Crippen LogP contribution >= 0.6 is 0 Å². The van der Waals surface area contributed by atoms with Crippen LogP contribution in [-0.4, -0.2) is 76.3 Å². The Hall–Kier alpha value is -2.93. The molecule has 2 aromatic carbocycles. The van der Waals surface area contributed by atoms with Crippen molar-refractivity contribution in [3.63, 3.8) is 0 Å². The minimum absolute atomic E-state index is 0.190. The Bertz CT molecular complexity index is 925. The van der Waals surface area contributed by atoms with Crippen molar-refractivity contribution >= 4 is 11.6 Å². The van der Waals surface area contributed by atoms with E-state index in [1.165, 1.54) is 11.3 Å². The lowest BCUT2D eigenvalue weighted by atomic mass is 9.98. The van der Waals surface area contributed by atoms with Crippen LogP contribution in [0.1, 0.15) is 11.1 Å². The fraction of sp³-hybridized carbons (Fsp3) is 0.458. The van der Waals surface area contributed by atoms with Crippen LogP contribution in [0.15, 0.2) is 36.4 Å². The van der Waals surface area contributed by atoms with Crippen LogP contribution in [-0.2, 0) is 17.8 Å². The summed E-state index contributed by atoms with van der Waals surface area (Å²) in [5, 5.41) is 0. The molecule has 0 N–H and O–H groups in total. The fourth-order valence-electron chi connectivity index (χ4n) is 4.36. The highest BCUT2D eigenvalue weighted by atomic mass is 16.5. The molecule has 0 aliphatic carbocycles. The van der Waals surface area contributed by atoms with Gasteiger partial charge in [0.2, 0.25) is 5.91 Å². The maximum atomic E-state index is 13.0. The highest BCUT2D eigenvalue weighted by Crippen LogP contribution is 2.33. The van der Waals surface area contributed by atoms with E-state index in [-0.39, 0.29) is 5.91 Å². The molecular formula is C24H31N3O4. The number of benzene rings is 2. The molecule has 0 spiro atoms. The highest BCUT2D eigenvalue weighted by molar-refractivity contribution is 5.78. The minimum Gasteiger partial charge on any atom is -0.497 e. The maximum absolute atomic E-state index is 13.0. The first-order valence-corrected chi connectivity index (χ1v) is 10.7. The van der Waals surface area contributed by atoms with Gasteiger partial charge in [-0.25, -0.2) is 0 Å². The largest absolute Gasteiger partial charge is 0.497 e. The third-order valence-corrected chi connectivity index (χ3v) is 6.22. The van der Waals surface area contributed by atoms with E-state index in [1.807, 2.05) is 29.2 Å². The SMILES string of the molecule is COc1cccc(N2CCN(CC(=O)N3CCc4cc(OC)c(OC)cc4C3)CC2)c1. The predicted molar refractivity (Wildman–Crippen MR) is 120 cm³/mol. The number of amides is 1. The summed E-state index contributed by atoms with van der Waals surface area (Å²) in [7, 11) is 4.98. The monoisotopic (exact) mass is 425 g/mol. The average Bonchev–Trinajstić information content (AvgIpc) is 2.83. The summed E-state index contributed by atoms with van der Waals surface area (Å²) < 4.78 is 16.2. The standard InChI is InChI=1S/C24H31N3O4/c1-29-21-6-4-5-20(15-21)26-11-9-25(10-12-26)17-24(28)27-8-7-18-13-22(30-2)23(31-3)14-19(18)16-27/h4-6,13-15H,7-12,16-17H2,1-3H3. The van der Waals surface area contributed by atoms with Gasteiger partial charge in [-0.1, -0.05) is 6.07 Å². The molecule has 1 fully saturated rings. The van der Waals surface area contributed by atoms with Crippen LogP contribution in [0, 0.1) is 0 Å². The Labute approximate surface area is 184 Å². The molecular weight excluding hydrogens is 394 g/mol. The number of fused-ring (bicyclic) bond motifs is 1. The zero-order chi connectivity index (χ0) is 21.8. The van der Waals surface area contributed by atoms with Crippen molar-refractivity contribution in [2.75, 3.05) is 65.5 Å². The second-order valence-electron chi connectivity index (χ2n) is 8.01. The lowest BCUT2D eigenvalue weighted by molar-refractivity contribution is -0.133. The molecule has 0 unspecified atom stereocenters. The lowest BCUT2D eigenvalue weighted by Crippen LogP contribution is -2.50. The van der Waals surface area contributed by atoms with Crippen LogP contribution < -0.4 is 19.1 Å². The first-order chi connectivity index (χ1) is 15.1. The van der Waals surface area contributed by atoms with Crippen molar-refractivity contribution in [2.45, 2.75) is 13.0 Å². The van der Waals surface area contributed by atoms with Gasteiger partial charge in [-0.05, 0) is 41.8 Å². The van der Waals surface area contributed by atoms with Crippen molar-refractivity contribution in [2.24, 2.45) is 0 Å². The number of piperazine rings is 1. The minimum atomic E-state index is 0.190. The molecule has 1 amide bonds. The van der Waals surface area contributed by atoms with E-state index in [4.69, 9.17) is 14.2 Å². The highest BCUT2D eigenvalue weighted by Gasteiger charge is 2.26. The summed E-state index contributed by atoms with van der Waals surface area (Å²) in [4.78, 5) is 19.5. The van der Waals surface area contributed by atoms with Gasteiger partial charge in [0.25, 0.3) is 0 Å². The number of rotatable bonds is 6. The molecule has 0 saturated carbocycles. The Morgan fingerprint density at radius 1 is 0.871 bits per heavy atom. The van der Waals surface area contributed by atoms with Gasteiger partial charge in [0.1, 0.15) is 5.75 Å². The van der Waals surface area contributed by atoms with Crippen molar-refractivity contribution in [3.8, 4) is 17.2 Å². The van der Waals surface area contributed by atoms with Crippen molar-refractivity contribution in [1.29, 1.82) is 0 Å². The van der Waals surface area contributed by atoms with Gasteiger partial charge in [-0.3, -0.25) is 9.69 Å². The van der Waals surface area contributed by atoms with Crippen molar-refractivity contribution < 1.29 is 19.0 Å². The molecule has 7 heteroatoms. The molecule has 1 saturated heterocycles. The second kappa shape index (κ2) is 9.47. The van der Waals surface area contributed by atoms with E-state index in [9.17, 15) is 4.79 Å². The van der Waals surface area contributed by atoms with Gasteiger partial charge in [0.05, 0.1) is 27.9 Å². The number of nitrogens with zero attached hydrogens (tertiary/aromatic N) is 3. The smallest absolute Gasteiger partial charge is 0.237 e. The number of carbonyl (C=O) groups is 1. The Morgan fingerprint density at radius 2 is 1.58 bits per heavy atom. The van der Waals surface area contributed by atoms with Crippen LogP contribution in [0.25, 0.3) is 0 Å². The molecule has 31 heavy (non-hydrogen) atoms. The zero-order valence-electron chi connectivity index (χ0n) is 18.6. The zero-order valence-corrected chi connectivity index (χ0v) is 18.6. The molecule has 2 aromatic rings. The number of methoxy groups -OCH3 is 3. The molecule has 2 heterocycles. The first-order valence-electron chi connectivity index (χ1n) is 10.7. The number of hydrogen-bond acceptors (Lipinski definition) is 6. The molecule has 4 rings (SSSR count).